The fraction of sp³-hybridized carbons (Fsp3) is 0.643. The van der Waals surface area contributed by atoms with Gasteiger partial charge in [0.2, 0.25) is 0 Å². The van der Waals surface area contributed by atoms with E-state index in [9.17, 15) is 19.2 Å². The van der Waals surface area contributed by atoms with Gasteiger partial charge in [0.15, 0.2) is 11.5 Å². The Morgan fingerprint density at radius 3 is 1.87 bits per heavy atom. The SMILES string of the molecule is CC(C)CCC(=O)Oc1ccc(C[C@H](N)C(=O)O[C@@H](C)COC(=O)OC(C)C)cc1OC(=O)CCC(C)C. The highest BCUT2D eigenvalue weighted by Crippen LogP contribution is 2.30. The molecule has 0 amide bonds. The van der Waals surface area contributed by atoms with Crippen molar-refractivity contribution >= 4 is 24.1 Å². The second kappa shape index (κ2) is 16.7. The van der Waals surface area contributed by atoms with Gasteiger partial charge < -0.3 is 29.4 Å². The fourth-order valence-electron chi connectivity index (χ4n) is 3.07. The molecule has 0 saturated heterocycles. The van der Waals surface area contributed by atoms with Gasteiger partial charge in [0.25, 0.3) is 0 Å². The summed E-state index contributed by atoms with van der Waals surface area (Å²) in [6, 6.07) is 3.64. The Morgan fingerprint density at radius 2 is 1.34 bits per heavy atom. The molecule has 0 bridgehead atoms. The zero-order chi connectivity index (χ0) is 28.8. The van der Waals surface area contributed by atoms with Gasteiger partial charge in [-0.15, -0.1) is 0 Å². The number of esters is 3. The molecule has 1 aromatic rings. The molecule has 10 nitrogen and oxygen atoms in total. The smallest absolute Gasteiger partial charge is 0.458 e. The summed E-state index contributed by atoms with van der Waals surface area (Å²) in [6.07, 6.45) is -0.100. The van der Waals surface area contributed by atoms with Crippen molar-refractivity contribution in [1.82, 2.24) is 0 Å². The van der Waals surface area contributed by atoms with Crippen LogP contribution in [0.3, 0.4) is 0 Å². The summed E-state index contributed by atoms with van der Waals surface area (Å²) in [6.45, 7) is 12.8. The Balaban J connectivity index is 2.86. The number of ether oxygens (including phenoxy) is 5. The fourth-order valence-corrected chi connectivity index (χ4v) is 3.07. The van der Waals surface area contributed by atoms with Crippen LogP contribution < -0.4 is 15.2 Å². The maximum absolute atomic E-state index is 12.5. The lowest BCUT2D eigenvalue weighted by atomic mass is 10.1. The summed E-state index contributed by atoms with van der Waals surface area (Å²) in [4.78, 5) is 48.6. The van der Waals surface area contributed by atoms with Crippen molar-refractivity contribution in [2.75, 3.05) is 6.61 Å². The Morgan fingerprint density at radius 1 is 0.789 bits per heavy atom. The highest BCUT2D eigenvalue weighted by Gasteiger charge is 2.22. The number of hydrogen-bond acceptors (Lipinski definition) is 10. The Hall–Kier alpha value is -3.14. The van der Waals surface area contributed by atoms with E-state index in [-0.39, 0.29) is 43.5 Å². The Bertz CT molecular complexity index is 927. The van der Waals surface area contributed by atoms with Gasteiger partial charge in [0, 0.05) is 12.8 Å². The van der Waals surface area contributed by atoms with E-state index in [1.54, 1.807) is 26.8 Å². The summed E-state index contributed by atoms with van der Waals surface area (Å²) >= 11 is 0. The molecule has 1 rings (SSSR count). The van der Waals surface area contributed by atoms with E-state index in [1.165, 1.54) is 12.1 Å². The van der Waals surface area contributed by atoms with Crippen molar-refractivity contribution < 1.29 is 42.9 Å². The summed E-state index contributed by atoms with van der Waals surface area (Å²) in [5.74, 6) is -0.722. The zero-order valence-corrected chi connectivity index (χ0v) is 23.6. The lowest BCUT2D eigenvalue weighted by Crippen LogP contribution is -2.37. The molecule has 0 aliphatic rings. The van der Waals surface area contributed by atoms with Gasteiger partial charge in [0.1, 0.15) is 18.8 Å². The van der Waals surface area contributed by atoms with E-state index in [0.717, 1.165) is 0 Å². The molecule has 0 aromatic heterocycles. The van der Waals surface area contributed by atoms with Gasteiger partial charge in [-0.1, -0.05) is 33.8 Å². The van der Waals surface area contributed by atoms with E-state index < -0.39 is 36.2 Å². The minimum atomic E-state index is -1.04. The van der Waals surface area contributed by atoms with E-state index >= 15 is 0 Å². The van der Waals surface area contributed by atoms with Crippen molar-refractivity contribution in [2.45, 2.75) is 98.8 Å². The Labute approximate surface area is 225 Å². The van der Waals surface area contributed by atoms with E-state index in [2.05, 4.69) is 0 Å². The molecule has 0 unspecified atom stereocenters. The molecule has 0 saturated carbocycles. The number of benzene rings is 1. The van der Waals surface area contributed by atoms with Crippen molar-refractivity contribution in [2.24, 2.45) is 17.6 Å². The number of carbonyl (C=O) groups is 4. The zero-order valence-electron chi connectivity index (χ0n) is 23.6. The maximum Gasteiger partial charge on any atom is 0.508 e. The van der Waals surface area contributed by atoms with Gasteiger partial charge in [0.05, 0.1) is 6.10 Å². The van der Waals surface area contributed by atoms with Gasteiger partial charge >= 0.3 is 24.1 Å². The molecule has 10 heteroatoms. The van der Waals surface area contributed by atoms with E-state index in [4.69, 9.17) is 29.4 Å². The monoisotopic (exact) mass is 537 g/mol. The largest absolute Gasteiger partial charge is 0.508 e. The molecular weight excluding hydrogens is 494 g/mol. The average molecular weight is 538 g/mol. The number of hydrogen-bond donors (Lipinski definition) is 1. The van der Waals surface area contributed by atoms with Crippen LogP contribution >= 0.6 is 0 Å². The van der Waals surface area contributed by atoms with Crippen molar-refractivity contribution in [1.29, 1.82) is 0 Å². The topological polar surface area (TPSA) is 140 Å². The molecule has 1 aromatic carbocycles. The maximum atomic E-state index is 12.5. The first kappa shape index (κ1) is 32.9. The van der Waals surface area contributed by atoms with Crippen LogP contribution in [0.5, 0.6) is 11.5 Å². The van der Waals surface area contributed by atoms with Crippen LogP contribution in [0.15, 0.2) is 18.2 Å². The second-order valence-corrected chi connectivity index (χ2v) is 10.4. The third kappa shape index (κ3) is 14.0. The summed E-state index contributed by atoms with van der Waals surface area (Å²) in [7, 11) is 0. The molecule has 0 radical (unpaired) electrons. The van der Waals surface area contributed by atoms with Crippen molar-refractivity contribution in [3.05, 3.63) is 23.8 Å². The minimum Gasteiger partial charge on any atom is -0.458 e. The van der Waals surface area contributed by atoms with E-state index in [1.807, 2.05) is 27.7 Å². The first-order chi connectivity index (χ1) is 17.8. The molecule has 2 atom stereocenters. The molecular formula is C28H43NO9. The second-order valence-electron chi connectivity index (χ2n) is 10.4. The highest BCUT2D eigenvalue weighted by atomic mass is 16.7. The number of rotatable bonds is 15. The third-order valence-electron chi connectivity index (χ3n) is 5.15. The van der Waals surface area contributed by atoms with Crippen LogP contribution in [0.2, 0.25) is 0 Å². The van der Waals surface area contributed by atoms with Gasteiger partial charge in [-0.25, -0.2) is 4.79 Å². The normalized spacial score (nSPS) is 12.7. The molecule has 0 heterocycles. The summed E-state index contributed by atoms with van der Waals surface area (Å²) < 4.78 is 26.0. The molecule has 214 valence electrons. The standard InChI is InChI=1S/C28H43NO9/c1-17(2)8-12-25(30)37-23-11-10-21(15-24(23)38-26(31)13-9-18(3)4)14-22(29)27(32)36-20(7)16-34-28(33)35-19(5)6/h10-11,15,17-20,22H,8-9,12-14,16,29H2,1-7H3/t20-,22-/m0/s1. The number of nitrogens with two attached hydrogens (primary N) is 1. The summed E-state index contributed by atoms with van der Waals surface area (Å²) in [5.41, 5.74) is 6.61. The molecule has 2 N–H and O–H groups in total. The van der Waals surface area contributed by atoms with Crippen molar-refractivity contribution in [3.63, 3.8) is 0 Å². The highest BCUT2D eigenvalue weighted by molar-refractivity contribution is 5.77. The average Bonchev–Trinajstić information content (AvgIpc) is 2.81. The molecule has 0 aliphatic carbocycles. The van der Waals surface area contributed by atoms with Gasteiger partial charge in [-0.3, -0.25) is 14.4 Å². The lowest BCUT2D eigenvalue weighted by Gasteiger charge is -2.18. The quantitative estimate of drug-likeness (QED) is 0.246. The van der Waals surface area contributed by atoms with Gasteiger partial charge in [-0.05, 0) is 69.6 Å². The summed E-state index contributed by atoms with van der Waals surface area (Å²) in [5, 5.41) is 0. The molecule has 0 spiro atoms. The van der Waals surface area contributed by atoms with Crippen LogP contribution in [0.1, 0.15) is 79.7 Å². The first-order valence-corrected chi connectivity index (χ1v) is 13.1. The third-order valence-corrected chi connectivity index (χ3v) is 5.15. The van der Waals surface area contributed by atoms with Crippen LogP contribution in [0, 0.1) is 11.8 Å². The van der Waals surface area contributed by atoms with Crippen molar-refractivity contribution in [3.8, 4) is 11.5 Å². The molecule has 0 fully saturated rings. The lowest BCUT2D eigenvalue weighted by molar-refractivity contribution is -0.152. The van der Waals surface area contributed by atoms with Crippen LogP contribution in [0.25, 0.3) is 0 Å². The van der Waals surface area contributed by atoms with Gasteiger partial charge in [-0.2, -0.15) is 0 Å². The van der Waals surface area contributed by atoms with E-state index in [0.29, 0.717) is 30.2 Å². The van der Waals surface area contributed by atoms with Crippen LogP contribution in [0.4, 0.5) is 4.79 Å². The molecule has 0 aliphatic heterocycles. The first-order valence-electron chi connectivity index (χ1n) is 13.1. The molecule has 38 heavy (non-hydrogen) atoms. The Kier molecular flexibility index (Phi) is 14.4. The predicted molar refractivity (Wildman–Crippen MR) is 141 cm³/mol. The van der Waals surface area contributed by atoms with Crippen LogP contribution in [-0.2, 0) is 35.0 Å². The van der Waals surface area contributed by atoms with Crippen LogP contribution in [-0.4, -0.2) is 48.9 Å². The predicted octanol–water partition coefficient (Wildman–Crippen LogP) is 4.73. The minimum absolute atomic E-state index is 0.0694. The number of carbonyl (C=O) groups excluding carboxylic acids is 4.